The second kappa shape index (κ2) is 8.06. The summed E-state index contributed by atoms with van der Waals surface area (Å²) in [6, 6.07) is 22.2. The highest BCUT2D eigenvalue weighted by Crippen LogP contribution is 2.36. The molecule has 146 valence electrons. The molecule has 0 unspecified atom stereocenters. The lowest BCUT2D eigenvalue weighted by Gasteiger charge is -2.25. The smallest absolute Gasteiger partial charge is 0.161 e. The predicted molar refractivity (Wildman–Crippen MR) is 119 cm³/mol. The second-order valence-corrected chi connectivity index (χ2v) is 6.56. The van der Waals surface area contributed by atoms with Gasteiger partial charge in [-0.15, -0.1) is 0 Å². The number of nitrogen functional groups attached to an aromatic ring is 1. The molecule has 0 atom stereocenters. The van der Waals surface area contributed by atoms with E-state index in [0.717, 1.165) is 22.5 Å². The van der Waals surface area contributed by atoms with E-state index in [0.29, 0.717) is 23.9 Å². The molecule has 0 aliphatic carbocycles. The standard InChI is InChI=1S/C23H23N5O/c1-3-28(20-13-6-9-16-8-4-5-12-19(16)20)23-21(24)22(25-15-26-23)27-17-10-7-11-18(14-17)29-2/h4-15H,3,24H2,1-2H3,(H,25,26,27). The van der Waals surface area contributed by atoms with E-state index in [1.807, 2.05) is 42.5 Å². The normalized spacial score (nSPS) is 10.7. The van der Waals surface area contributed by atoms with Crippen LogP contribution in [0.4, 0.5) is 28.7 Å². The van der Waals surface area contributed by atoms with Gasteiger partial charge >= 0.3 is 0 Å². The van der Waals surface area contributed by atoms with E-state index in [1.165, 1.54) is 11.7 Å². The van der Waals surface area contributed by atoms with Crippen molar-refractivity contribution in [1.82, 2.24) is 9.97 Å². The number of hydrogen-bond acceptors (Lipinski definition) is 6. The van der Waals surface area contributed by atoms with E-state index >= 15 is 0 Å². The molecule has 0 saturated heterocycles. The van der Waals surface area contributed by atoms with Crippen molar-refractivity contribution in [3.8, 4) is 5.75 Å². The number of ether oxygens (including phenoxy) is 1. The number of nitrogens with two attached hydrogens (primary N) is 1. The van der Waals surface area contributed by atoms with Crippen molar-refractivity contribution in [3.63, 3.8) is 0 Å². The van der Waals surface area contributed by atoms with Crippen LogP contribution in [0.5, 0.6) is 5.75 Å². The van der Waals surface area contributed by atoms with Crippen molar-refractivity contribution < 1.29 is 4.74 Å². The van der Waals surface area contributed by atoms with E-state index in [1.54, 1.807) is 7.11 Å². The average molecular weight is 385 g/mol. The Labute approximate surface area is 170 Å². The zero-order chi connectivity index (χ0) is 20.2. The van der Waals surface area contributed by atoms with Gasteiger partial charge < -0.3 is 20.7 Å². The maximum absolute atomic E-state index is 6.50. The summed E-state index contributed by atoms with van der Waals surface area (Å²) >= 11 is 0. The lowest BCUT2D eigenvalue weighted by atomic mass is 10.1. The van der Waals surface area contributed by atoms with Gasteiger partial charge in [-0.3, -0.25) is 0 Å². The summed E-state index contributed by atoms with van der Waals surface area (Å²) in [5.74, 6) is 1.99. The zero-order valence-corrected chi connectivity index (χ0v) is 16.5. The van der Waals surface area contributed by atoms with Gasteiger partial charge in [-0.1, -0.05) is 42.5 Å². The van der Waals surface area contributed by atoms with Crippen molar-refractivity contribution in [2.24, 2.45) is 0 Å². The highest BCUT2D eigenvalue weighted by atomic mass is 16.5. The van der Waals surface area contributed by atoms with Crippen LogP contribution in [0.3, 0.4) is 0 Å². The van der Waals surface area contributed by atoms with E-state index < -0.39 is 0 Å². The van der Waals surface area contributed by atoms with Crippen LogP contribution in [-0.4, -0.2) is 23.6 Å². The minimum absolute atomic E-state index is 0.491. The summed E-state index contributed by atoms with van der Waals surface area (Å²) in [7, 11) is 1.64. The first-order chi connectivity index (χ1) is 14.2. The lowest BCUT2D eigenvalue weighted by molar-refractivity contribution is 0.415. The number of aromatic nitrogens is 2. The van der Waals surface area contributed by atoms with Crippen molar-refractivity contribution in [2.75, 3.05) is 29.6 Å². The molecule has 6 heteroatoms. The van der Waals surface area contributed by atoms with E-state index in [9.17, 15) is 0 Å². The number of anilines is 5. The number of nitrogens with zero attached hydrogens (tertiary/aromatic N) is 3. The first kappa shape index (κ1) is 18.6. The van der Waals surface area contributed by atoms with E-state index in [-0.39, 0.29) is 0 Å². The topological polar surface area (TPSA) is 76.3 Å². The molecule has 29 heavy (non-hydrogen) atoms. The summed E-state index contributed by atoms with van der Waals surface area (Å²) < 4.78 is 5.29. The SMILES string of the molecule is CCN(c1ncnc(Nc2cccc(OC)c2)c1N)c1cccc2ccccc12. The second-order valence-electron chi connectivity index (χ2n) is 6.56. The third-order valence-corrected chi connectivity index (χ3v) is 4.82. The molecule has 0 amide bonds. The van der Waals surface area contributed by atoms with E-state index in [2.05, 4.69) is 51.4 Å². The molecule has 4 aromatic rings. The Morgan fingerprint density at radius 3 is 2.62 bits per heavy atom. The van der Waals surface area contributed by atoms with E-state index in [4.69, 9.17) is 10.5 Å². The molecule has 0 fully saturated rings. The summed E-state index contributed by atoms with van der Waals surface area (Å²) in [6.07, 6.45) is 1.53. The largest absolute Gasteiger partial charge is 0.497 e. The molecule has 0 spiro atoms. The van der Waals surface area contributed by atoms with Crippen LogP contribution in [0.15, 0.2) is 73.1 Å². The number of rotatable bonds is 6. The number of hydrogen-bond donors (Lipinski definition) is 2. The Kier molecular flexibility index (Phi) is 5.16. The van der Waals surface area contributed by atoms with Crippen molar-refractivity contribution in [3.05, 3.63) is 73.1 Å². The molecule has 3 aromatic carbocycles. The Balaban J connectivity index is 1.75. The van der Waals surface area contributed by atoms with Gasteiger partial charge in [0.1, 0.15) is 17.8 Å². The molecule has 0 radical (unpaired) electrons. The Morgan fingerprint density at radius 1 is 1.00 bits per heavy atom. The summed E-state index contributed by atoms with van der Waals surface area (Å²) in [5.41, 5.74) is 8.89. The number of methoxy groups -OCH3 is 1. The quantitative estimate of drug-likeness (QED) is 0.480. The minimum atomic E-state index is 0.491. The molecule has 4 rings (SSSR count). The Morgan fingerprint density at radius 2 is 1.79 bits per heavy atom. The van der Waals surface area contributed by atoms with Crippen molar-refractivity contribution >= 4 is 39.5 Å². The number of nitrogens with one attached hydrogen (secondary N) is 1. The third-order valence-electron chi connectivity index (χ3n) is 4.82. The maximum atomic E-state index is 6.50. The fraction of sp³-hybridized carbons (Fsp3) is 0.130. The first-order valence-electron chi connectivity index (χ1n) is 9.48. The molecular formula is C23H23N5O. The minimum Gasteiger partial charge on any atom is -0.497 e. The fourth-order valence-electron chi connectivity index (χ4n) is 3.42. The zero-order valence-electron chi connectivity index (χ0n) is 16.5. The highest BCUT2D eigenvalue weighted by Gasteiger charge is 2.17. The maximum Gasteiger partial charge on any atom is 0.161 e. The van der Waals surface area contributed by atoms with Gasteiger partial charge in [0.15, 0.2) is 11.6 Å². The van der Waals surface area contributed by atoms with Gasteiger partial charge in [-0.05, 0) is 30.5 Å². The summed E-state index contributed by atoms with van der Waals surface area (Å²) in [6.45, 7) is 2.80. The fourth-order valence-corrected chi connectivity index (χ4v) is 3.42. The lowest BCUT2D eigenvalue weighted by Crippen LogP contribution is -2.20. The summed E-state index contributed by atoms with van der Waals surface area (Å²) in [5, 5.41) is 5.59. The molecular weight excluding hydrogens is 362 g/mol. The molecule has 0 bridgehead atoms. The van der Waals surface area contributed by atoms with Gasteiger partial charge in [-0.2, -0.15) is 0 Å². The van der Waals surface area contributed by atoms with Crippen molar-refractivity contribution in [1.29, 1.82) is 0 Å². The number of benzene rings is 3. The van der Waals surface area contributed by atoms with Crippen LogP contribution < -0.4 is 20.7 Å². The number of fused-ring (bicyclic) bond motifs is 1. The van der Waals surface area contributed by atoms with Gasteiger partial charge in [-0.25, -0.2) is 9.97 Å². The van der Waals surface area contributed by atoms with Crippen LogP contribution in [0, 0.1) is 0 Å². The van der Waals surface area contributed by atoms with Crippen LogP contribution in [0.2, 0.25) is 0 Å². The Bertz CT molecular complexity index is 1140. The van der Waals surface area contributed by atoms with Gasteiger partial charge in [0.05, 0.1) is 12.8 Å². The molecule has 6 nitrogen and oxygen atoms in total. The van der Waals surface area contributed by atoms with Crippen LogP contribution in [0.1, 0.15) is 6.92 Å². The van der Waals surface area contributed by atoms with Gasteiger partial charge in [0.2, 0.25) is 0 Å². The molecule has 0 aliphatic heterocycles. The predicted octanol–water partition coefficient (Wildman–Crippen LogP) is 5.12. The average Bonchev–Trinajstić information content (AvgIpc) is 2.77. The summed E-state index contributed by atoms with van der Waals surface area (Å²) in [4.78, 5) is 10.9. The van der Waals surface area contributed by atoms with Crippen LogP contribution >= 0.6 is 0 Å². The van der Waals surface area contributed by atoms with Gasteiger partial charge in [0.25, 0.3) is 0 Å². The Hall–Kier alpha value is -3.80. The first-order valence-corrected chi connectivity index (χ1v) is 9.48. The third kappa shape index (κ3) is 3.65. The van der Waals surface area contributed by atoms with Crippen LogP contribution in [-0.2, 0) is 0 Å². The monoisotopic (exact) mass is 385 g/mol. The molecule has 3 N–H and O–H groups in total. The molecule has 1 heterocycles. The molecule has 1 aromatic heterocycles. The van der Waals surface area contributed by atoms with Gasteiger partial charge in [0, 0.05) is 23.7 Å². The van der Waals surface area contributed by atoms with Crippen LogP contribution in [0.25, 0.3) is 10.8 Å². The van der Waals surface area contributed by atoms with Crippen molar-refractivity contribution in [2.45, 2.75) is 6.92 Å². The molecule has 0 aliphatic rings. The highest BCUT2D eigenvalue weighted by molar-refractivity contribution is 5.97. The molecule has 0 saturated carbocycles.